The first-order valence-corrected chi connectivity index (χ1v) is 6.80. The quantitative estimate of drug-likeness (QED) is 0.889. The van der Waals surface area contributed by atoms with E-state index in [1.807, 2.05) is 12.1 Å². The summed E-state index contributed by atoms with van der Waals surface area (Å²) in [6.07, 6.45) is 3.45. The molecule has 1 aliphatic rings. The van der Waals surface area contributed by atoms with Crippen LogP contribution in [0.25, 0.3) is 0 Å². The van der Waals surface area contributed by atoms with Crippen molar-refractivity contribution in [1.82, 2.24) is 4.90 Å². The Bertz CT molecular complexity index is 372. The lowest BCUT2D eigenvalue weighted by Gasteiger charge is -2.32. The van der Waals surface area contributed by atoms with Crippen LogP contribution in [-0.4, -0.2) is 29.6 Å². The van der Waals surface area contributed by atoms with Crippen molar-refractivity contribution in [2.45, 2.75) is 32.1 Å². The van der Waals surface area contributed by atoms with Gasteiger partial charge in [0.25, 0.3) is 0 Å². The number of benzene rings is 1. The molecule has 17 heavy (non-hydrogen) atoms. The van der Waals surface area contributed by atoms with Crippen LogP contribution in [0.4, 0.5) is 0 Å². The van der Waals surface area contributed by atoms with Gasteiger partial charge >= 0.3 is 0 Å². The van der Waals surface area contributed by atoms with Gasteiger partial charge in [-0.2, -0.15) is 0 Å². The van der Waals surface area contributed by atoms with E-state index in [1.54, 1.807) is 6.07 Å². The molecular formula is C14H20ClNO. The zero-order valence-corrected chi connectivity index (χ0v) is 11.1. The zero-order chi connectivity index (χ0) is 12.3. The molecule has 2 rings (SSSR count). The van der Waals surface area contributed by atoms with E-state index in [4.69, 9.17) is 11.6 Å². The first-order chi connectivity index (χ1) is 8.22. The zero-order valence-electron chi connectivity index (χ0n) is 10.3. The summed E-state index contributed by atoms with van der Waals surface area (Å²) in [5, 5.41) is 10.4. The lowest BCUT2D eigenvalue weighted by atomic mass is 9.89. The predicted molar refractivity (Wildman–Crippen MR) is 71.8 cm³/mol. The molecule has 1 N–H and O–H groups in total. The van der Waals surface area contributed by atoms with Gasteiger partial charge in [0.2, 0.25) is 0 Å². The van der Waals surface area contributed by atoms with Crippen LogP contribution in [0.5, 0.6) is 5.75 Å². The highest BCUT2D eigenvalue weighted by atomic mass is 35.5. The number of piperidine rings is 1. The number of hydrogen-bond acceptors (Lipinski definition) is 2. The molecule has 0 unspecified atom stereocenters. The summed E-state index contributed by atoms with van der Waals surface area (Å²) >= 11 is 5.95. The van der Waals surface area contributed by atoms with Crippen molar-refractivity contribution >= 4 is 11.6 Å². The Hall–Kier alpha value is -0.730. The monoisotopic (exact) mass is 253 g/mol. The minimum atomic E-state index is 0.281. The molecule has 1 saturated heterocycles. The van der Waals surface area contributed by atoms with Crippen LogP contribution in [0.3, 0.4) is 0 Å². The van der Waals surface area contributed by atoms with Gasteiger partial charge < -0.3 is 10.0 Å². The second-order valence-corrected chi connectivity index (χ2v) is 5.20. The third-order valence-electron chi connectivity index (χ3n) is 3.59. The SMILES string of the molecule is CCCN1CCC(c2cccc(Cl)c2O)CC1. The van der Waals surface area contributed by atoms with Gasteiger partial charge in [0, 0.05) is 0 Å². The molecule has 1 aromatic rings. The molecule has 3 heteroatoms. The molecule has 0 spiro atoms. The molecule has 0 aliphatic carbocycles. The number of para-hydroxylation sites is 1. The van der Waals surface area contributed by atoms with Crippen LogP contribution < -0.4 is 0 Å². The summed E-state index contributed by atoms with van der Waals surface area (Å²) in [5.74, 6) is 0.741. The van der Waals surface area contributed by atoms with Crippen LogP contribution in [-0.2, 0) is 0 Å². The first kappa shape index (κ1) is 12.7. The number of nitrogens with zero attached hydrogens (tertiary/aromatic N) is 1. The van der Waals surface area contributed by atoms with E-state index in [0.29, 0.717) is 10.9 Å². The highest BCUT2D eigenvalue weighted by Crippen LogP contribution is 2.37. The Morgan fingerprint density at radius 2 is 2.06 bits per heavy atom. The fraction of sp³-hybridized carbons (Fsp3) is 0.571. The van der Waals surface area contributed by atoms with Crippen molar-refractivity contribution in [2.24, 2.45) is 0 Å². The molecule has 0 amide bonds. The summed E-state index contributed by atoms with van der Waals surface area (Å²) in [5.41, 5.74) is 1.02. The standard InChI is InChI=1S/C14H20ClNO/c1-2-8-16-9-6-11(7-10-16)12-4-3-5-13(15)14(12)17/h3-5,11,17H,2,6-10H2,1H3. The van der Waals surface area contributed by atoms with Crippen LogP contribution in [0, 0.1) is 0 Å². The normalized spacial score (nSPS) is 18.5. The van der Waals surface area contributed by atoms with Crippen molar-refractivity contribution < 1.29 is 5.11 Å². The molecule has 0 atom stereocenters. The highest BCUT2D eigenvalue weighted by Gasteiger charge is 2.22. The average molecular weight is 254 g/mol. The Morgan fingerprint density at radius 3 is 2.71 bits per heavy atom. The van der Waals surface area contributed by atoms with E-state index in [0.717, 1.165) is 31.5 Å². The van der Waals surface area contributed by atoms with Crippen LogP contribution in [0.15, 0.2) is 18.2 Å². The van der Waals surface area contributed by atoms with Crippen LogP contribution in [0.1, 0.15) is 37.7 Å². The van der Waals surface area contributed by atoms with Crippen LogP contribution in [0.2, 0.25) is 5.02 Å². The van der Waals surface area contributed by atoms with E-state index in [2.05, 4.69) is 11.8 Å². The number of rotatable bonds is 3. The first-order valence-electron chi connectivity index (χ1n) is 6.42. The van der Waals surface area contributed by atoms with Crippen molar-refractivity contribution in [3.8, 4) is 5.75 Å². The molecule has 94 valence electrons. The van der Waals surface area contributed by atoms with E-state index in [-0.39, 0.29) is 5.75 Å². The van der Waals surface area contributed by atoms with Crippen molar-refractivity contribution in [3.05, 3.63) is 28.8 Å². The van der Waals surface area contributed by atoms with E-state index in [1.165, 1.54) is 13.0 Å². The number of hydrogen-bond donors (Lipinski definition) is 1. The highest BCUT2D eigenvalue weighted by molar-refractivity contribution is 6.32. The van der Waals surface area contributed by atoms with Crippen molar-refractivity contribution in [3.63, 3.8) is 0 Å². The van der Waals surface area contributed by atoms with Crippen molar-refractivity contribution in [2.75, 3.05) is 19.6 Å². The largest absolute Gasteiger partial charge is 0.506 e. The maximum Gasteiger partial charge on any atom is 0.137 e. The minimum absolute atomic E-state index is 0.281. The Morgan fingerprint density at radius 1 is 1.35 bits per heavy atom. The maximum atomic E-state index is 9.97. The molecular weight excluding hydrogens is 234 g/mol. The van der Waals surface area contributed by atoms with E-state index in [9.17, 15) is 5.11 Å². The molecule has 0 saturated carbocycles. The molecule has 1 heterocycles. The van der Waals surface area contributed by atoms with E-state index >= 15 is 0 Å². The summed E-state index contributed by atoms with van der Waals surface area (Å²) in [7, 11) is 0. The minimum Gasteiger partial charge on any atom is -0.506 e. The second-order valence-electron chi connectivity index (χ2n) is 4.79. The predicted octanol–water partition coefficient (Wildman–Crippen LogP) is 3.64. The number of phenols is 1. The van der Waals surface area contributed by atoms with Crippen molar-refractivity contribution in [1.29, 1.82) is 0 Å². The van der Waals surface area contributed by atoms with Gasteiger partial charge in [-0.3, -0.25) is 0 Å². The molecule has 1 aliphatic heterocycles. The summed E-state index contributed by atoms with van der Waals surface area (Å²) in [6.45, 7) is 5.66. The van der Waals surface area contributed by atoms with Gasteiger partial charge in [-0.05, 0) is 56.4 Å². The van der Waals surface area contributed by atoms with Gasteiger partial charge in [-0.25, -0.2) is 0 Å². The Balaban J connectivity index is 2.03. The fourth-order valence-corrected chi connectivity index (χ4v) is 2.83. The molecule has 1 aromatic carbocycles. The topological polar surface area (TPSA) is 23.5 Å². The third kappa shape index (κ3) is 2.93. The summed E-state index contributed by atoms with van der Waals surface area (Å²) in [6, 6.07) is 5.67. The average Bonchev–Trinajstić information content (AvgIpc) is 2.34. The third-order valence-corrected chi connectivity index (χ3v) is 3.89. The molecule has 2 nitrogen and oxygen atoms in total. The lowest BCUT2D eigenvalue weighted by Crippen LogP contribution is -2.33. The smallest absolute Gasteiger partial charge is 0.137 e. The molecule has 0 bridgehead atoms. The second kappa shape index (κ2) is 5.74. The Labute approximate surface area is 108 Å². The number of phenolic OH excluding ortho intramolecular Hbond substituents is 1. The maximum absolute atomic E-state index is 9.97. The number of aromatic hydroxyl groups is 1. The van der Waals surface area contributed by atoms with Crippen LogP contribution >= 0.6 is 11.6 Å². The molecule has 0 aromatic heterocycles. The molecule has 1 fully saturated rings. The lowest BCUT2D eigenvalue weighted by molar-refractivity contribution is 0.211. The van der Waals surface area contributed by atoms with Gasteiger partial charge in [-0.1, -0.05) is 30.7 Å². The van der Waals surface area contributed by atoms with Gasteiger partial charge in [0.15, 0.2) is 0 Å². The molecule has 0 radical (unpaired) electrons. The number of likely N-dealkylation sites (tertiary alicyclic amines) is 1. The number of halogens is 1. The van der Waals surface area contributed by atoms with Gasteiger partial charge in [-0.15, -0.1) is 0 Å². The Kier molecular flexibility index (Phi) is 4.30. The van der Waals surface area contributed by atoms with Gasteiger partial charge in [0.1, 0.15) is 5.75 Å². The summed E-state index contributed by atoms with van der Waals surface area (Å²) < 4.78 is 0. The van der Waals surface area contributed by atoms with E-state index < -0.39 is 0 Å². The summed E-state index contributed by atoms with van der Waals surface area (Å²) in [4.78, 5) is 2.50. The fourth-order valence-electron chi connectivity index (χ4n) is 2.65. The van der Waals surface area contributed by atoms with Gasteiger partial charge in [0.05, 0.1) is 5.02 Å².